The SMILES string of the molecule is C=CCOC12Oc3ccc(Oc4ccc(C)c(C)c4)cc3C3C(CCCCO)C(CCCCO)C=C(C(=NOCc4ccccc4)CC1N(CCC)S(=O)(=O)c1ccc(NC(C)=O)cc1)C32. The van der Waals surface area contributed by atoms with Gasteiger partial charge in [0.2, 0.25) is 21.7 Å². The number of aliphatic hydroxyl groups is 2. The molecule has 13 heteroatoms. The smallest absolute Gasteiger partial charge is 0.243 e. The lowest BCUT2D eigenvalue weighted by molar-refractivity contribution is -0.251. The molecule has 0 saturated heterocycles. The molecule has 66 heavy (non-hydrogen) atoms. The number of aryl methyl sites for hydroxylation is 2. The molecular weight excluding hydrogens is 855 g/mol. The summed E-state index contributed by atoms with van der Waals surface area (Å²) in [5.41, 5.74) is 6.08. The van der Waals surface area contributed by atoms with Crippen LogP contribution in [0.4, 0.5) is 5.69 Å². The van der Waals surface area contributed by atoms with Crippen LogP contribution < -0.4 is 14.8 Å². The molecule has 7 rings (SSSR count). The summed E-state index contributed by atoms with van der Waals surface area (Å²) in [6, 6.07) is 26.9. The summed E-state index contributed by atoms with van der Waals surface area (Å²) in [6.45, 7) is 12.0. The number of hydrogen-bond donors (Lipinski definition) is 3. The summed E-state index contributed by atoms with van der Waals surface area (Å²) >= 11 is 0. The van der Waals surface area contributed by atoms with Crippen LogP contribution >= 0.6 is 0 Å². The van der Waals surface area contributed by atoms with Gasteiger partial charge in [-0.25, -0.2) is 8.42 Å². The average Bonchev–Trinajstić information content (AvgIpc) is 3.30. The number of anilines is 1. The van der Waals surface area contributed by atoms with Gasteiger partial charge in [0.05, 0.1) is 29.2 Å². The number of hydrogen-bond acceptors (Lipinski definition) is 10. The first-order chi connectivity index (χ1) is 31.9. The number of unbranched alkanes of at least 4 members (excludes halogenated alkanes) is 2. The maximum Gasteiger partial charge on any atom is 0.243 e. The molecule has 0 bridgehead atoms. The van der Waals surface area contributed by atoms with Crippen molar-refractivity contribution in [2.24, 2.45) is 22.9 Å². The highest BCUT2D eigenvalue weighted by Crippen LogP contribution is 2.62. The Morgan fingerprint density at radius 3 is 2.33 bits per heavy atom. The van der Waals surface area contributed by atoms with Gasteiger partial charge in [-0.1, -0.05) is 73.5 Å². The van der Waals surface area contributed by atoms with Crippen molar-refractivity contribution < 1.29 is 42.5 Å². The van der Waals surface area contributed by atoms with E-state index in [1.807, 2.05) is 67.6 Å². The maximum atomic E-state index is 15.3. The lowest BCUT2D eigenvalue weighted by Crippen LogP contribution is -2.70. The van der Waals surface area contributed by atoms with Gasteiger partial charge < -0.3 is 34.6 Å². The zero-order valence-electron chi connectivity index (χ0n) is 38.7. The molecule has 2 aliphatic carbocycles. The van der Waals surface area contributed by atoms with Crippen LogP contribution in [0.5, 0.6) is 17.2 Å². The second-order valence-corrected chi connectivity index (χ2v) is 19.6. The monoisotopic (exact) mass is 919 g/mol. The van der Waals surface area contributed by atoms with Crippen LogP contribution in [0.25, 0.3) is 0 Å². The first-order valence-electron chi connectivity index (χ1n) is 23.3. The number of nitrogens with one attached hydrogen (secondary N) is 1. The van der Waals surface area contributed by atoms with Gasteiger partial charge in [-0.3, -0.25) is 4.79 Å². The molecule has 1 amide bonds. The Morgan fingerprint density at radius 2 is 1.65 bits per heavy atom. The number of carbonyl (C=O) groups is 1. The van der Waals surface area contributed by atoms with E-state index in [0.29, 0.717) is 47.9 Å². The summed E-state index contributed by atoms with van der Waals surface area (Å²) in [5, 5.41) is 27.7. The van der Waals surface area contributed by atoms with E-state index in [4.69, 9.17) is 24.2 Å². The standard InChI is InChI=1S/C53H65N3O9S/c1-6-27-56(66(60,61)44-24-20-41(21-25-44)54-38(5)59)50-34-48(55-63-35-39-15-9-8-10-16-39)46-32-40(17-11-13-28-57)45(18-12-14-29-58)51-47-33-43(64-42-22-19-36(3)37(4)31-42)23-26-49(47)65-53(50,52(46)51)62-30-7-2/h7-10,15-16,19-26,31-33,40,45,50-52,57-58H,2,6,11-14,17-18,27-30,34-35H2,1,3-5H3,(H,54,59). The van der Waals surface area contributed by atoms with Crippen LogP contribution in [-0.4, -0.2) is 72.7 Å². The molecule has 0 radical (unpaired) electrons. The topological polar surface area (TPSA) is 156 Å². The summed E-state index contributed by atoms with van der Waals surface area (Å²) in [7, 11) is -4.27. The van der Waals surface area contributed by atoms with Crippen LogP contribution in [0, 0.1) is 31.6 Å². The summed E-state index contributed by atoms with van der Waals surface area (Å²) in [4.78, 5) is 18.2. The first-order valence-corrected chi connectivity index (χ1v) is 24.8. The van der Waals surface area contributed by atoms with E-state index in [1.165, 1.54) is 23.4 Å². The molecule has 0 spiro atoms. The van der Waals surface area contributed by atoms with Crippen molar-refractivity contribution in [3.05, 3.63) is 138 Å². The molecule has 3 aliphatic rings. The molecule has 352 valence electrons. The first kappa shape index (κ1) is 48.6. The van der Waals surface area contributed by atoms with Gasteiger partial charge in [-0.15, -0.1) is 6.58 Å². The molecule has 1 fully saturated rings. The van der Waals surface area contributed by atoms with Gasteiger partial charge in [-0.2, -0.15) is 4.31 Å². The fourth-order valence-corrected chi connectivity index (χ4v) is 11.8. The van der Waals surface area contributed by atoms with Gasteiger partial charge in [0.1, 0.15) is 23.9 Å². The zero-order valence-corrected chi connectivity index (χ0v) is 39.5. The molecule has 1 heterocycles. The van der Waals surface area contributed by atoms with Crippen molar-refractivity contribution in [3.8, 4) is 17.2 Å². The minimum absolute atomic E-state index is 0.0157. The number of benzene rings is 4. The predicted octanol–water partition coefficient (Wildman–Crippen LogP) is 9.99. The van der Waals surface area contributed by atoms with Crippen molar-refractivity contribution in [2.45, 2.75) is 108 Å². The fraction of sp³-hybridized carbons (Fsp3) is 0.434. The van der Waals surface area contributed by atoms with E-state index >= 15 is 8.42 Å². The number of nitrogens with zero attached hydrogens (tertiary/aromatic N) is 2. The highest BCUT2D eigenvalue weighted by molar-refractivity contribution is 7.89. The van der Waals surface area contributed by atoms with Crippen LogP contribution in [-0.2, 0) is 31.0 Å². The van der Waals surface area contributed by atoms with E-state index in [2.05, 4.69) is 37.9 Å². The van der Waals surface area contributed by atoms with Crippen LogP contribution in [0.15, 0.2) is 125 Å². The maximum absolute atomic E-state index is 15.3. The Kier molecular flexibility index (Phi) is 16.2. The normalized spacial score (nSPS) is 22.7. The molecule has 0 aromatic heterocycles. The van der Waals surface area contributed by atoms with E-state index < -0.39 is 27.8 Å². The van der Waals surface area contributed by atoms with Gasteiger partial charge in [0, 0.05) is 50.3 Å². The number of fused-ring (bicyclic) bond motifs is 2. The number of allylic oxidation sites excluding steroid dienone is 1. The largest absolute Gasteiger partial charge is 0.460 e. The quantitative estimate of drug-likeness (QED) is 0.0397. The molecule has 3 N–H and O–H groups in total. The van der Waals surface area contributed by atoms with Gasteiger partial charge in [0.15, 0.2) is 0 Å². The third-order valence-electron chi connectivity index (χ3n) is 13.2. The Bertz CT molecular complexity index is 2470. The van der Waals surface area contributed by atoms with Crippen LogP contribution in [0.2, 0.25) is 0 Å². The van der Waals surface area contributed by atoms with Crippen LogP contribution in [0.3, 0.4) is 0 Å². The van der Waals surface area contributed by atoms with Crippen molar-refractivity contribution in [3.63, 3.8) is 0 Å². The second-order valence-electron chi connectivity index (χ2n) is 17.7. The summed E-state index contributed by atoms with van der Waals surface area (Å²) < 4.78 is 53.2. The third kappa shape index (κ3) is 10.6. The van der Waals surface area contributed by atoms with E-state index in [0.717, 1.165) is 53.5 Å². The lowest BCUT2D eigenvalue weighted by atomic mass is 9.55. The minimum atomic E-state index is -4.27. The number of ether oxygens (including phenoxy) is 3. The Balaban J connectivity index is 1.46. The molecule has 6 atom stereocenters. The number of sulfonamides is 1. The minimum Gasteiger partial charge on any atom is -0.460 e. The molecular formula is C53H65N3O9S. The lowest BCUT2D eigenvalue weighted by Gasteiger charge is -2.59. The van der Waals surface area contributed by atoms with Crippen molar-refractivity contribution in [2.75, 3.05) is 31.7 Å². The highest BCUT2D eigenvalue weighted by Gasteiger charge is 2.66. The molecule has 12 nitrogen and oxygen atoms in total. The number of carbonyl (C=O) groups excluding carboxylic acids is 1. The average molecular weight is 920 g/mol. The summed E-state index contributed by atoms with van der Waals surface area (Å²) in [5.74, 6) is -0.840. The number of aliphatic hydroxyl groups excluding tert-OH is 2. The van der Waals surface area contributed by atoms with Gasteiger partial charge in [0.25, 0.3) is 0 Å². The Labute approximate surface area is 390 Å². The summed E-state index contributed by atoms with van der Waals surface area (Å²) in [6.07, 6.45) is 8.91. The number of amides is 1. The molecule has 4 aromatic rings. The van der Waals surface area contributed by atoms with Crippen molar-refractivity contribution in [1.82, 2.24) is 4.31 Å². The van der Waals surface area contributed by atoms with E-state index in [-0.39, 0.29) is 67.9 Å². The highest BCUT2D eigenvalue weighted by atomic mass is 32.2. The zero-order chi connectivity index (χ0) is 46.8. The molecule has 6 unspecified atom stereocenters. The third-order valence-corrected chi connectivity index (χ3v) is 15.1. The van der Waals surface area contributed by atoms with Gasteiger partial charge >= 0.3 is 0 Å². The number of rotatable bonds is 22. The van der Waals surface area contributed by atoms with E-state index in [1.54, 1.807) is 18.2 Å². The second kappa shape index (κ2) is 22.0. The fourth-order valence-electron chi connectivity index (χ4n) is 10.1. The van der Waals surface area contributed by atoms with Crippen molar-refractivity contribution >= 4 is 27.3 Å². The van der Waals surface area contributed by atoms with Crippen LogP contribution in [0.1, 0.15) is 93.4 Å². The molecule has 1 aliphatic heterocycles. The number of oxime groups is 1. The Morgan fingerprint density at radius 1 is 0.939 bits per heavy atom. The predicted molar refractivity (Wildman–Crippen MR) is 257 cm³/mol. The molecule has 4 aromatic carbocycles. The van der Waals surface area contributed by atoms with Gasteiger partial charge in [-0.05, 0) is 135 Å². The van der Waals surface area contributed by atoms with E-state index in [9.17, 15) is 15.0 Å². The van der Waals surface area contributed by atoms with Crippen molar-refractivity contribution in [1.29, 1.82) is 0 Å². The molecule has 1 saturated carbocycles. The Hall–Kier alpha value is -5.31.